The van der Waals surface area contributed by atoms with Gasteiger partial charge in [0.05, 0.1) is 31.1 Å². The zero-order valence-corrected chi connectivity index (χ0v) is 16.5. The van der Waals surface area contributed by atoms with Crippen molar-refractivity contribution in [2.75, 3.05) is 39.4 Å². The second-order valence-electron chi connectivity index (χ2n) is 6.75. The maximum absolute atomic E-state index is 11.9. The number of amidine groups is 1. The van der Waals surface area contributed by atoms with Crippen LogP contribution in [0.5, 0.6) is 0 Å². The summed E-state index contributed by atoms with van der Waals surface area (Å²) in [6.07, 6.45) is 2.30. The van der Waals surface area contributed by atoms with Crippen LogP contribution in [0.4, 0.5) is 25.2 Å². The molecule has 3 heterocycles. The molecule has 2 aliphatic heterocycles. The average molecular weight is 463 g/mol. The summed E-state index contributed by atoms with van der Waals surface area (Å²) in [6.45, 7) is 4.85. The number of para-hydroxylation sites is 2. The molecule has 2 saturated heterocycles. The molecule has 2 aromatic rings. The topological polar surface area (TPSA) is 69.5 Å². The van der Waals surface area contributed by atoms with Gasteiger partial charge in [0.15, 0.2) is 0 Å². The minimum Gasteiger partial charge on any atom is -0.691 e. The summed E-state index contributed by atoms with van der Waals surface area (Å²) in [5.41, 5.74) is 1.16. The third-order valence-electron chi connectivity index (χ3n) is 4.28. The summed E-state index contributed by atoms with van der Waals surface area (Å²) in [4.78, 5) is 10.2. The molecule has 0 spiro atoms. The van der Waals surface area contributed by atoms with Gasteiger partial charge in [-0.05, 0) is 25.0 Å². The Morgan fingerprint density at radius 3 is 2.20 bits per heavy atom. The molecule has 0 radical (unpaired) electrons. The molecule has 2 aliphatic rings. The molecule has 1 aromatic heterocycles. The van der Waals surface area contributed by atoms with Crippen molar-refractivity contribution in [3.63, 3.8) is 0 Å². The van der Waals surface area contributed by atoms with Crippen LogP contribution < -0.4 is 9.68 Å². The summed E-state index contributed by atoms with van der Waals surface area (Å²) in [6, 6.07) is 8.01. The predicted molar refractivity (Wildman–Crippen MR) is 95.5 cm³/mol. The zero-order chi connectivity index (χ0) is 22.1. The number of fused-ring (bicyclic) bond motifs is 1. The average Bonchev–Trinajstić information content (AvgIpc) is 3.27. The molecular weight excluding hydrogens is 443 g/mol. The van der Waals surface area contributed by atoms with Gasteiger partial charge in [0.25, 0.3) is 0 Å². The molecule has 170 valence electrons. The van der Waals surface area contributed by atoms with Crippen LogP contribution in [0.2, 0.25) is 0 Å². The Kier molecular flexibility index (Phi) is 5.52. The fourth-order valence-electron chi connectivity index (χ4n) is 3.08. The zero-order valence-electron chi connectivity index (χ0n) is 15.6. The van der Waals surface area contributed by atoms with Gasteiger partial charge in [-0.1, -0.05) is 12.1 Å². The number of aromatic nitrogens is 3. The first kappa shape index (κ1) is 22.3. The second kappa shape index (κ2) is 7.41. The Morgan fingerprint density at radius 1 is 1.03 bits per heavy atom. The summed E-state index contributed by atoms with van der Waals surface area (Å²) < 4.78 is 66.8. The van der Waals surface area contributed by atoms with E-state index in [0.29, 0.717) is 29.1 Å². The van der Waals surface area contributed by atoms with Gasteiger partial charge < -0.3 is 9.94 Å². The molecule has 30 heavy (non-hydrogen) atoms. The van der Waals surface area contributed by atoms with E-state index in [1.807, 2.05) is 18.2 Å². The Hall–Kier alpha value is -2.34. The molecule has 0 amide bonds. The van der Waals surface area contributed by atoms with Crippen LogP contribution >= 0.6 is 7.81 Å². The summed E-state index contributed by atoms with van der Waals surface area (Å²) in [5, 5.41) is 15.9. The van der Waals surface area contributed by atoms with E-state index in [9.17, 15) is 30.4 Å². The van der Waals surface area contributed by atoms with E-state index >= 15 is 0 Å². The van der Waals surface area contributed by atoms with E-state index in [1.165, 1.54) is 4.85 Å². The van der Waals surface area contributed by atoms with E-state index < -0.39 is 7.81 Å². The number of hydrogen-bond acceptors (Lipinski definition) is 4. The monoisotopic (exact) mass is 463 g/mol. The smallest absolute Gasteiger partial charge is 0.492 e. The number of ether oxygens (including phenoxy) is 1. The number of morpholine rings is 1. The van der Waals surface area contributed by atoms with Crippen LogP contribution in [0, 0.1) is 5.21 Å². The number of halogens is 6. The van der Waals surface area contributed by atoms with E-state index in [-0.39, 0.29) is 0 Å². The third-order valence-corrected chi connectivity index (χ3v) is 4.28. The number of rotatable bonds is 1. The van der Waals surface area contributed by atoms with Crippen molar-refractivity contribution < 1.29 is 44.2 Å². The van der Waals surface area contributed by atoms with Crippen LogP contribution in [-0.4, -0.2) is 64.9 Å². The predicted octanol–water partition coefficient (Wildman–Crippen LogP) is 2.98. The Morgan fingerprint density at radius 2 is 1.60 bits per heavy atom. The van der Waals surface area contributed by atoms with Gasteiger partial charge >= 0.3 is 39.0 Å². The van der Waals surface area contributed by atoms with Crippen LogP contribution in [0.1, 0.15) is 12.8 Å². The van der Waals surface area contributed by atoms with Gasteiger partial charge in [0, 0.05) is 0 Å². The fraction of sp³-hybridized carbons (Fsp3) is 0.533. The van der Waals surface area contributed by atoms with Crippen LogP contribution in [0.3, 0.4) is 0 Å². The van der Waals surface area contributed by atoms with Gasteiger partial charge in [-0.25, -0.2) is 9.48 Å². The van der Waals surface area contributed by atoms with E-state index in [1.54, 1.807) is 6.07 Å². The van der Waals surface area contributed by atoms with Crippen LogP contribution in [-0.2, 0) is 4.74 Å². The van der Waals surface area contributed by atoms with Gasteiger partial charge in [-0.15, -0.1) is 4.85 Å². The Bertz CT molecular complexity index is 924. The number of hydrogen-bond donors (Lipinski definition) is 0. The molecule has 2 fully saturated rings. The van der Waals surface area contributed by atoms with Gasteiger partial charge in [-0.3, -0.25) is 0 Å². The largest absolute Gasteiger partial charge is 0.691 e. The SMILES string of the molecule is F[P-](F)(F)(F)(F)F.[O-][n+]1nn(OC(N2CCOCC2)=[N+]2CCCC2)c2ccccc21. The van der Waals surface area contributed by atoms with Crippen molar-refractivity contribution in [1.29, 1.82) is 0 Å². The minimum atomic E-state index is -10.7. The standard InChI is InChI=1S/C15H20N5O3.F6P/c21-19-13-5-1-2-6-14(13)20(16-19)23-15(17-7-3-4-8-17)18-9-11-22-12-10-18;1-7(2,3,4,5)6/h1-2,5-6H,3-4,7-12H2;/q+1;-1. The molecular formula is C15H20F6N5O3P. The van der Waals surface area contributed by atoms with Crippen molar-refractivity contribution in [3.05, 3.63) is 29.5 Å². The van der Waals surface area contributed by atoms with Crippen LogP contribution in [0.25, 0.3) is 11.0 Å². The molecule has 0 bridgehead atoms. The molecule has 1 aromatic carbocycles. The van der Waals surface area contributed by atoms with Crippen molar-refractivity contribution >= 4 is 24.9 Å². The molecule has 0 N–H and O–H groups in total. The van der Waals surface area contributed by atoms with Crippen molar-refractivity contribution in [1.82, 2.24) is 15.0 Å². The fourth-order valence-corrected chi connectivity index (χ4v) is 3.08. The van der Waals surface area contributed by atoms with Crippen molar-refractivity contribution in [2.24, 2.45) is 0 Å². The third kappa shape index (κ3) is 6.87. The van der Waals surface area contributed by atoms with E-state index in [0.717, 1.165) is 45.0 Å². The Balaban J connectivity index is 0.000000318. The molecule has 4 rings (SSSR count). The quantitative estimate of drug-likeness (QED) is 0.214. The molecule has 0 saturated carbocycles. The normalized spacial score (nSPS) is 19.7. The van der Waals surface area contributed by atoms with Crippen molar-refractivity contribution in [2.45, 2.75) is 12.8 Å². The first-order chi connectivity index (χ1) is 13.8. The first-order valence-electron chi connectivity index (χ1n) is 9.05. The summed E-state index contributed by atoms with van der Waals surface area (Å²) in [7, 11) is -10.7. The summed E-state index contributed by atoms with van der Waals surface area (Å²) in [5.74, 6) is 0. The minimum absolute atomic E-state index is 0.496. The molecule has 0 aliphatic carbocycles. The number of nitrogens with zero attached hydrogens (tertiary/aromatic N) is 5. The Labute approximate surface area is 166 Å². The first-order valence-corrected chi connectivity index (χ1v) is 11.1. The summed E-state index contributed by atoms with van der Waals surface area (Å²) >= 11 is 0. The molecule has 0 atom stereocenters. The molecule has 0 unspecified atom stereocenters. The molecule has 15 heteroatoms. The van der Waals surface area contributed by atoms with E-state index in [2.05, 4.69) is 14.7 Å². The second-order valence-corrected chi connectivity index (χ2v) is 8.67. The van der Waals surface area contributed by atoms with Gasteiger partial charge in [-0.2, -0.15) is 4.84 Å². The van der Waals surface area contributed by atoms with E-state index in [4.69, 9.17) is 9.57 Å². The van der Waals surface area contributed by atoms with Crippen molar-refractivity contribution in [3.8, 4) is 0 Å². The number of benzene rings is 1. The maximum atomic E-state index is 11.9. The van der Waals surface area contributed by atoms with Gasteiger partial charge in [0.1, 0.15) is 18.3 Å². The van der Waals surface area contributed by atoms with Crippen LogP contribution in [0.15, 0.2) is 24.3 Å². The van der Waals surface area contributed by atoms with Gasteiger partial charge in [0.2, 0.25) is 11.0 Å². The molecule has 8 nitrogen and oxygen atoms in total. The maximum Gasteiger partial charge on any atom is 0.492 e.